The third kappa shape index (κ3) is 4.08. The van der Waals surface area contributed by atoms with Gasteiger partial charge in [0, 0.05) is 40.0 Å². The van der Waals surface area contributed by atoms with Crippen LogP contribution in [0.15, 0.2) is 54.7 Å². The number of fused-ring (bicyclic) bond motifs is 3. The lowest BCUT2D eigenvalue weighted by Crippen LogP contribution is -1.95. The first-order valence-electron chi connectivity index (χ1n) is 11.9. The minimum Gasteiger partial charge on any atom is -0.504 e. The molecule has 0 atom stereocenters. The van der Waals surface area contributed by atoms with Crippen molar-refractivity contribution in [3.63, 3.8) is 0 Å². The molecule has 3 aromatic carbocycles. The SMILES string of the molecule is COc1ccc(-c2c(-c3cc(OC)c(O)cc3OC=O)c(C)n3ccc4cc(OC)c(OC)cc4c23)cc1O. The summed E-state index contributed by atoms with van der Waals surface area (Å²) in [5.41, 5.74) is 4.27. The molecule has 0 spiro atoms. The molecule has 0 unspecified atom stereocenters. The first-order chi connectivity index (χ1) is 18.9. The first kappa shape index (κ1) is 25.6. The van der Waals surface area contributed by atoms with Gasteiger partial charge in [0.15, 0.2) is 34.5 Å². The maximum absolute atomic E-state index is 11.4. The number of phenols is 2. The van der Waals surface area contributed by atoms with Crippen LogP contribution < -0.4 is 23.7 Å². The molecule has 0 aliphatic heterocycles. The number of ether oxygens (including phenoxy) is 5. The van der Waals surface area contributed by atoms with Crippen molar-refractivity contribution in [1.29, 1.82) is 0 Å². The van der Waals surface area contributed by atoms with Gasteiger partial charge in [-0.2, -0.15) is 0 Å². The van der Waals surface area contributed by atoms with Gasteiger partial charge in [-0.3, -0.25) is 4.79 Å². The lowest BCUT2D eigenvalue weighted by molar-refractivity contribution is -0.120. The number of aromatic hydroxyl groups is 2. The van der Waals surface area contributed by atoms with E-state index in [1.807, 2.05) is 41.8 Å². The second-order valence-electron chi connectivity index (χ2n) is 8.79. The highest BCUT2D eigenvalue weighted by Gasteiger charge is 2.26. The number of phenolic OH excluding ortho intramolecular Hbond substituents is 2. The highest BCUT2D eigenvalue weighted by molar-refractivity contribution is 6.10. The maximum Gasteiger partial charge on any atom is 0.298 e. The number of aryl methyl sites for hydroxylation is 1. The lowest BCUT2D eigenvalue weighted by Gasteiger charge is -2.14. The topological polar surface area (TPSA) is 108 Å². The van der Waals surface area contributed by atoms with Gasteiger partial charge in [0.25, 0.3) is 6.47 Å². The molecule has 9 nitrogen and oxygen atoms in total. The Morgan fingerprint density at radius 3 is 2.03 bits per heavy atom. The van der Waals surface area contributed by atoms with Crippen LogP contribution in [0.5, 0.6) is 40.2 Å². The number of nitrogens with zero attached hydrogens (tertiary/aromatic N) is 1. The van der Waals surface area contributed by atoms with E-state index >= 15 is 0 Å². The third-order valence-electron chi connectivity index (χ3n) is 6.86. The average Bonchev–Trinajstić information content (AvgIpc) is 3.24. The van der Waals surface area contributed by atoms with E-state index in [0.717, 1.165) is 27.5 Å². The molecule has 2 aromatic heterocycles. The van der Waals surface area contributed by atoms with Gasteiger partial charge >= 0.3 is 0 Å². The number of methoxy groups -OCH3 is 4. The van der Waals surface area contributed by atoms with Crippen molar-refractivity contribution in [3.8, 4) is 62.5 Å². The molecule has 0 saturated heterocycles. The summed E-state index contributed by atoms with van der Waals surface area (Å²) >= 11 is 0. The van der Waals surface area contributed by atoms with Gasteiger partial charge in [-0.05, 0) is 54.3 Å². The monoisotopic (exact) mass is 529 g/mol. The minimum atomic E-state index is -0.176. The Kier molecular flexibility index (Phi) is 6.57. The van der Waals surface area contributed by atoms with E-state index in [2.05, 4.69) is 0 Å². The molecule has 0 saturated carbocycles. The molecule has 200 valence electrons. The second kappa shape index (κ2) is 10.0. The summed E-state index contributed by atoms with van der Waals surface area (Å²) in [4.78, 5) is 11.4. The van der Waals surface area contributed by atoms with Crippen LogP contribution in [0.4, 0.5) is 0 Å². The highest BCUT2D eigenvalue weighted by atomic mass is 16.5. The molecule has 2 N–H and O–H groups in total. The zero-order chi connectivity index (χ0) is 27.8. The van der Waals surface area contributed by atoms with E-state index < -0.39 is 0 Å². The Labute approximate surface area is 224 Å². The first-order valence-corrected chi connectivity index (χ1v) is 11.9. The normalized spacial score (nSPS) is 11.0. The Balaban J connectivity index is 1.99. The van der Waals surface area contributed by atoms with Gasteiger partial charge in [-0.25, -0.2) is 0 Å². The molecule has 0 aliphatic carbocycles. The van der Waals surface area contributed by atoms with Gasteiger partial charge in [0.2, 0.25) is 0 Å². The number of aromatic nitrogens is 1. The molecule has 0 aliphatic rings. The standard InChI is InChI=1S/C30H27NO8/c1-16-28(20-13-25(36-3)22(34)14-24(20)39-15-32)29(18-6-7-23(35-2)21(33)10-18)30-19-12-27(38-5)26(37-4)11-17(19)8-9-31(16)30/h6-15,33-34H,1-5H3. The molecule has 5 rings (SSSR count). The van der Waals surface area contributed by atoms with Crippen LogP contribution in [-0.4, -0.2) is 49.5 Å². The highest BCUT2D eigenvalue weighted by Crippen LogP contribution is 2.49. The Bertz CT molecular complexity index is 1740. The summed E-state index contributed by atoms with van der Waals surface area (Å²) in [6, 6.07) is 13.9. The number of carbonyl (C=O) groups is 1. The number of hydrogen-bond acceptors (Lipinski definition) is 8. The molecular weight excluding hydrogens is 502 g/mol. The van der Waals surface area contributed by atoms with Gasteiger partial charge in [-0.15, -0.1) is 0 Å². The van der Waals surface area contributed by atoms with Gasteiger partial charge in [-0.1, -0.05) is 6.07 Å². The minimum absolute atomic E-state index is 0.0370. The van der Waals surface area contributed by atoms with Gasteiger partial charge < -0.3 is 38.3 Å². The quantitative estimate of drug-likeness (QED) is 0.246. The number of hydrogen-bond donors (Lipinski definition) is 2. The molecular formula is C30H27NO8. The van der Waals surface area contributed by atoms with Crippen LogP contribution >= 0.6 is 0 Å². The summed E-state index contributed by atoms with van der Waals surface area (Å²) in [6.45, 7) is 2.24. The molecule has 0 radical (unpaired) electrons. The predicted octanol–water partition coefficient (Wildman–Crippen LogP) is 5.72. The Morgan fingerprint density at radius 2 is 1.38 bits per heavy atom. The Hall–Kier alpha value is -5.05. The largest absolute Gasteiger partial charge is 0.504 e. The van der Waals surface area contributed by atoms with Crippen molar-refractivity contribution >= 4 is 22.8 Å². The zero-order valence-corrected chi connectivity index (χ0v) is 22.1. The van der Waals surface area contributed by atoms with Crippen LogP contribution in [0.25, 0.3) is 38.5 Å². The summed E-state index contributed by atoms with van der Waals surface area (Å²) in [5.74, 6) is 1.61. The summed E-state index contributed by atoms with van der Waals surface area (Å²) < 4.78 is 29.1. The van der Waals surface area contributed by atoms with Crippen molar-refractivity contribution in [2.45, 2.75) is 6.92 Å². The fourth-order valence-corrected chi connectivity index (χ4v) is 5.06. The zero-order valence-electron chi connectivity index (χ0n) is 22.1. The van der Waals surface area contributed by atoms with Gasteiger partial charge in [0.05, 0.1) is 34.0 Å². The molecule has 0 amide bonds. The van der Waals surface area contributed by atoms with E-state index in [1.165, 1.54) is 20.3 Å². The molecule has 39 heavy (non-hydrogen) atoms. The Morgan fingerprint density at radius 1 is 0.718 bits per heavy atom. The van der Waals surface area contributed by atoms with Gasteiger partial charge in [0.1, 0.15) is 5.75 Å². The summed E-state index contributed by atoms with van der Waals surface area (Å²) in [6.07, 6.45) is 1.94. The van der Waals surface area contributed by atoms with Crippen molar-refractivity contribution in [3.05, 3.63) is 60.4 Å². The smallest absolute Gasteiger partial charge is 0.298 e. The average molecular weight is 530 g/mol. The third-order valence-corrected chi connectivity index (χ3v) is 6.86. The molecule has 0 bridgehead atoms. The summed E-state index contributed by atoms with van der Waals surface area (Å²) in [7, 11) is 6.08. The lowest BCUT2D eigenvalue weighted by atomic mass is 9.93. The molecule has 5 aromatic rings. The number of pyridine rings is 1. The number of benzene rings is 3. The molecule has 2 heterocycles. The van der Waals surface area contributed by atoms with Crippen LogP contribution in [-0.2, 0) is 4.79 Å². The van der Waals surface area contributed by atoms with Crippen LogP contribution in [0.3, 0.4) is 0 Å². The van der Waals surface area contributed by atoms with Crippen molar-refractivity contribution in [1.82, 2.24) is 4.40 Å². The van der Waals surface area contributed by atoms with E-state index in [0.29, 0.717) is 40.4 Å². The number of carbonyl (C=O) groups excluding carboxylic acids is 1. The van der Waals surface area contributed by atoms with Crippen molar-refractivity contribution in [2.24, 2.45) is 0 Å². The number of rotatable bonds is 8. The van der Waals surface area contributed by atoms with E-state index in [4.69, 9.17) is 23.7 Å². The molecule has 0 fully saturated rings. The van der Waals surface area contributed by atoms with E-state index in [-0.39, 0.29) is 23.0 Å². The maximum atomic E-state index is 11.4. The van der Waals surface area contributed by atoms with Crippen molar-refractivity contribution in [2.75, 3.05) is 28.4 Å². The fourth-order valence-electron chi connectivity index (χ4n) is 5.06. The van der Waals surface area contributed by atoms with Crippen LogP contribution in [0.2, 0.25) is 0 Å². The van der Waals surface area contributed by atoms with Crippen LogP contribution in [0.1, 0.15) is 5.69 Å². The fraction of sp³-hybridized carbons (Fsp3) is 0.167. The van der Waals surface area contributed by atoms with E-state index in [9.17, 15) is 15.0 Å². The van der Waals surface area contributed by atoms with E-state index in [1.54, 1.807) is 32.4 Å². The summed E-state index contributed by atoms with van der Waals surface area (Å²) in [5, 5.41) is 22.9. The molecule has 9 heteroatoms. The van der Waals surface area contributed by atoms with Crippen LogP contribution in [0, 0.1) is 6.92 Å². The second-order valence-corrected chi connectivity index (χ2v) is 8.79. The predicted molar refractivity (Wildman–Crippen MR) is 147 cm³/mol. The van der Waals surface area contributed by atoms with Crippen molar-refractivity contribution < 1.29 is 38.7 Å².